The minimum absolute atomic E-state index is 0.206. The van der Waals surface area contributed by atoms with E-state index in [9.17, 15) is 19.2 Å². The number of unbranched alkanes of at least 4 members (excludes halogenated alkanes) is 3. The molecule has 7 heteroatoms. The summed E-state index contributed by atoms with van der Waals surface area (Å²) in [7, 11) is 0. The summed E-state index contributed by atoms with van der Waals surface area (Å²) >= 11 is 0. The molecule has 1 aliphatic rings. The molecule has 1 saturated heterocycles. The monoisotopic (exact) mass is 374 g/mol. The summed E-state index contributed by atoms with van der Waals surface area (Å²) in [5.41, 5.74) is -1.49. The quantitative estimate of drug-likeness (QED) is 0.393. The zero-order chi connectivity index (χ0) is 19.9. The summed E-state index contributed by atoms with van der Waals surface area (Å²) in [5, 5.41) is 4.27. The van der Waals surface area contributed by atoms with Crippen LogP contribution in [-0.4, -0.2) is 30.4 Å². The van der Waals surface area contributed by atoms with Gasteiger partial charge >= 0.3 is 12.0 Å². The van der Waals surface area contributed by atoms with Crippen LogP contribution in [0.5, 0.6) is 0 Å². The van der Waals surface area contributed by atoms with Crippen LogP contribution in [-0.2, 0) is 24.5 Å². The Balaban J connectivity index is 2.34. The minimum atomic E-state index is -1.84. The van der Waals surface area contributed by atoms with Gasteiger partial charge in [-0.2, -0.15) is 0 Å². The highest BCUT2D eigenvalue weighted by molar-refractivity contribution is 6.24. The molecule has 146 valence electrons. The maximum atomic E-state index is 12.9. The molecule has 0 saturated carbocycles. The van der Waals surface area contributed by atoms with Crippen molar-refractivity contribution >= 4 is 23.8 Å². The number of nitrogens with one attached hydrogen (secondary N) is 2. The van der Waals surface area contributed by atoms with Gasteiger partial charge in [0.05, 0.1) is 12.5 Å². The Bertz CT molecular complexity index is 682. The van der Waals surface area contributed by atoms with E-state index in [-0.39, 0.29) is 13.0 Å². The highest BCUT2D eigenvalue weighted by Gasteiger charge is 2.59. The summed E-state index contributed by atoms with van der Waals surface area (Å²) in [6.45, 7) is 4.04. The first kappa shape index (κ1) is 20.6. The van der Waals surface area contributed by atoms with Crippen molar-refractivity contribution in [1.29, 1.82) is 0 Å². The minimum Gasteiger partial charge on any atom is -0.465 e. The number of carbonyl (C=O) groups excluding carboxylic acids is 4. The van der Waals surface area contributed by atoms with Crippen molar-refractivity contribution in [3.8, 4) is 0 Å². The molecule has 1 aliphatic heterocycles. The van der Waals surface area contributed by atoms with Gasteiger partial charge in [0.1, 0.15) is 0 Å². The second-order valence-corrected chi connectivity index (χ2v) is 6.60. The van der Waals surface area contributed by atoms with Gasteiger partial charge in [-0.1, -0.05) is 63.4 Å². The predicted molar refractivity (Wildman–Crippen MR) is 98.7 cm³/mol. The Morgan fingerprint density at radius 3 is 2.19 bits per heavy atom. The third-order valence-electron chi connectivity index (χ3n) is 4.86. The Labute approximate surface area is 158 Å². The molecular formula is C20H26N2O5. The molecule has 0 aromatic heterocycles. The van der Waals surface area contributed by atoms with Crippen molar-refractivity contribution in [2.75, 3.05) is 6.61 Å². The van der Waals surface area contributed by atoms with Crippen LogP contribution in [0.3, 0.4) is 0 Å². The van der Waals surface area contributed by atoms with E-state index in [1.807, 2.05) is 0 Å². The second kappa shape index (κ2) is 9.30. The Morgan fingerprint density at radius 1 is 1.00 bits per heavy atom. The molecule has 1 unspecified atom stereocenters. The third kappa shape index (κ3) is 4.18. The number of hydrogen-bond acceptors (Lipinski definition) is 5. The number of benzene rings is 1. The van der Waals surface area contributed by atoms with E-state index < -0.39 is 35.1 Å². The molecule has 1 atom stereocenters. The zero-order valence-electron chi connectivity index (χ0n) is 15.7. The number of imide groups is 2. The van der Waals surface area contributed by atoms with Gasteiger partial charge < -0.3 is 4.74 Å². The van der Waals surface area contributed by atoms with Gasteiger partial charge in [0.2, 0.25) is 11.8 Å². The third-order valence-corrected chi connectivity index (χ3v) is 4.86. The number of carbonyl (C=O) groups is 4. The van der Waals surface area contributed by atoms with E-state index in [2.05, 4.69) is 17.6 Å². The average Bonchev–Trinajstić information content (AvgIpc) is 2.65. The van der Waals surface area contributed by atoms with Crippen LogP contribution in [0, 0.1) is 5.92 Å². The maximum Gasteiger partial charge on any atom is 0.328 e. The summed E-state index contributed by atoms with van der Waals surface area (Å²) < 4.78 is 5.38. The number of barbiturate groups is 1. The highest BCUT2D eigenvalue weighted by atomic mass is 16.5. The van der Waals surface area contributed by atoms with Gasteiger partial charge in [0, 0.05) is 0 Å². The van der Waals surface area contributed by atoms with E-state index in [1.54, 1.807) is 37.3 Å². The van der Waals surface area contributed by atoms with Gasteiger partial charge in [-0.3, -0.25) is 25.0 Å². The lowest BCUT2D eigenvalue weighted by atomic mass is 9.66. The molecule has 1 fully saturated rings. The molecule has 7 nitrogen and oxygen atoms in total. The molecule has 4 amide bonds. The molecule has 0 radical (unpaired) electrons. The van der Waals surface area contributed by atoms with Crippen LogP contribution in [0.15, 0.2) is 30.3 Å². The van der Waals surface area contributed by atoms with Crippen LogP contribution in [0.25, 0.3) is 0 Å². The van der Waals surface area contributed by atoms with Crippen molar-refractivity contribution < 1.29 is 23.9 Å². The number of ether oxygens (including phenoxy) is 1. The summed E-state index contributed by atoms with van der Waals surface area (Å²) in [6, 6.07) is 7.42. The van der Waals surface area contributed by atoms with E-state index >= 15 is 0 Å². The topological polar surface area (TPSA) is 102 Å². The molecule has 1 heterocycles. The van der Waals surface area contributed by atoms with Crippen LogP contribution in [0.1, 0.15) is 51.5 Å². The van der Waals surface area contributed by atoms with Crippen molar-refractivity contribution in [3.63, 3.8) is 0 Å². The number of esters is 1. The fraction of sp³-hybridized carbons (Fsp3) is 0.500. The zero-order valence-corrected chi connectivity index (χ0v) is 15.7. The molecule has 27 heavy (non-hydrogen) atoms. The molecule has 2 rings (SSSR count). The normalized spacial score (nSPS) is 17.0. The van der Waals surface area contributed by atoms with Gasteiger partial charge in [-0.15, -0.1) is 0 Å². The molecule has 1 aromatic rings. The highest BCUT2D eigenvalue weighted by Crippen LogP contribution is 2.37. The van der Waals surface area contributed by atoms with Crippen LogP contribution >= 0.6 is 0 Å². The van der Waals surface area contributed by atoms with Crippen molar-refractivity contribution in [2.24, 2.45) is 5.92 Å². The van der Waals surface area contributed by atoms with Crippen molar-refractivity contribution in [3.05, 3.63) is 35.9 Å². The number of rotatable bonds is 9. The largest absolute Gasteiger partial charge is 0.465 e. The van der Waals surface area contributed by atoms with Crippen molar-refractivity contribution in [2.45, 2.75) is 51.4 Å². The molecule has 0 bridgehead atoms. The Hall–Kier alpha value is -2.70. The second-order valence-electron chi connectivity index (χ2n) is 6.60. The Kier molecular flexibility index (Phi) is 7.10. The number of hydrogen-bond donors (Lipinski definition) is 2. The van der Waals surface area contributed by atoms with Crippen LogP contribution < -0.4 is 10.6 Å². The molecule has 2 N–H and O–H groups in total. The predicted octanol–water partition coefficient (Wildman–Crippen LogP) is 2.44. The van der Waals surface area contributed by atoms with Gasteiger partial charge in [0.15, 0.2) is 5.41 Å². The smallest absolute Gasteiger partial charge is 0.328 e. The van der Waals surface area contributed by atoms with E-state index in [4.69, 9.17) is 4.74 Å². The molecule has 0 aliphatic carbocycles. The summed E-state index contributed by atoms with van der Waals surface area (Å²) in [5.74, 6) is -3.27. The average molecular weight is 374 g/mol. The summed E-state index contributed by atoms with van der Waals surface area (Å²) in [6.07, 6.45) is 4.00. The molecule has 0 spiro atoms. The first-order chi connectivity index (χ1) is 13.0. The van der Waals surface area contributed by atoms with Crippen LogP contribution in [0.4, 0.5) is 4.79 Å². The Morgan fingerprint density at radius 2 is 1.63 bits per heavy atom. The lowest BCUT2D eigenvalue weighted by Crippen LogP contribution is -2.68. The van der Waals surface area contributed by atoms with Gasteiger partial charge in [0.25, 0.3) is 0 Å². The van der Waals surface area contributed by atoms with Crippen molar-refractivity contribution in [1.82, 2.24) is 10.6 Å². The number of urea groups is 1. The van der Waals surface area contributed by atoms with E-state index in [0.717, 1.165) is 25.7 Å². The lowest BCUT2D eigenvalue weighted by Gasteiger charge is -2.38. The van der Waals surface area contributed by atoms with Gasteiger partial charge in [-0.25, -0.2) is 4.79 Å². The van der Waals surface area contributed by atoms with E-state index in [0.29, 0.717) is 5.56 Å². The van der Waals surface area contributed by atoms with E-state index in [1.165, 1.54) is 0 Å². The first-order valence-corrected chi connectivity index (χ1v) is 9.37. The van der Waals surface area contributed by atoms with Gasteiger partial charge in [-0.05, 0) is 18.4 Å². The lowest BCUT2D eigenvalue weighted by molar-refractivity contribution is -0.159. The summed E-state index contributed by atoms with van der Waals surface area (Å²) in [4.78, 5) is 50.1. The molecular weight excluding hydrogens is 348 g/mol. The van der Waals surface area contributed by atoms with Crippen LogP contribution in [0.2, 0.25) is 0 Å². The fourth-order valence-electron chi connectivity index (χ4n) is 3.47. The maximum absolute atomic E-state index is 12.9. The fourth-order valence-corrected chi connectivity index (χ4v) is 3.47. The first-order valence-electron chi connectivity index (χ1n) is 9.37. The standard InChI is InChI=1S/C20H26N2O5/c1-3-5-6-10-13-27-16(23)15(4-2)20(14-11-8-7-9-12-14)17(24)21-19(26)22-18(20)25/h7-9,11-12,15H,3-6,10,13H2,1-2H3,(H2,21,22,24,25,26). The molecule has 1 aromatic carbocycles. The number of amides is 4. The SMILES string of the molecule is CCCCCCOC(=O)C(CC)C1(c2ccccc2)C(=O)NC(=O)NC1=O.